The number of hydrogen-bond donors (Lipinski definition) is 0. The first-order chi connectivity index (χ1) is 15.5. The minimum Gasteiger partial charge on any atom is -0.368 e. The summed E-state index contributed by atoms with van der Waals surface area (Å²) in [5.74, 6) is 0.199. The normalized spacial score (nSPS) is 14.3. The van der Waals surface area contributed by atoms with Crippen LogP contribution in [-0.4, -0.2) is 55.5 Å². The first-order valence-electron chi connectivity index (χ1n) is 11.4. The van der Waals surface area contributed by atoms with E-state index in [0.29, 0.717) is 6.54 Å². The molecule has 4 rings (SSSR count). The van der Waals surface area contributed by atoms with Crippen molar-refractivity contribution >= 4 is 11.6 Å². The summed E-state index contributed by atoms with van der Waals surface area (Å²) in [7, 11) is 2.05. The monoisotopic (exact) mass is 427 g/mol. The van der Waals surface area contributed by atoms with Crippen molar-refractivity contribution in [2.75, 3.05) is 44.7 Å². The van der Waals surface area contributed by atoms with Crippen LogP contribution in [0.2, 0.25) is 0 Å². The molecule has 0 radical (unpaired) electrons. The van der Waals surface area contributed by atoms with Crippen LogP contribution in [0.4, 0.5) is 5.69 Å². The van der Waals surface area contributed by atoms with Crippen LogP contribution in [0, 0.1) is 13.8 Å². The molecule has 1 amide bonds. The molecule has 1 aliphatic rings. The minimum atomic E-state index is 0.0533. The summed E-state index contributed by atoms with van der Waals surface area (Å²) in [6.45, 7) is 8.02. The van der Waals surface area contributed by atoms with E-state index in [-0.39, 0.29) is 11.9 Å². The van der Waals surface area contributed by atoms with Crippen molar-refractivity contribution in [3.8, 4) is 0 Å². The number of benzene rings is 3. The fourth-order valence-electron chi connectivity index (χ4n) is 4.65. The van der Waals surface area contributed by atoms with Crippen molar-refractivity contribution < 1.29 is 4.79 Å². The molecule has 0 spiro atoms. The smallest absolute Gasteiger partial charge is 0.236 e. The fraction of sp³-hybridized carbons (Fsp3) is 0.321. The molecule has 4 heteroatoms. The van der Waals surface area contributed by atoms with Crippen LogP contribution in [-0.2, 0) is 4.79 Å². The number of carbonyl (C=O) groups is 1. The largest absolute Gasteiger partial charge is 0.368 e. The van der Waals surface area contributed by atoms with Crippen LogP contribution < -0.4 is 4.90 Å². The van der Waals surface area contributed by atoms with E-state index >= 15 is 0 Å². The molecule has 0 aliphatic carbocycles. The lowest BCUT2D eigenvalue weighted by Crippen LogP contribution is -2.51. The Balaban J connectivity index is 1.42. The first kappa shape index (κ1) is 22.1. The Morgan fingerprint density at radius 1 is 0.812 bits per heavy atom. The van der Waals surface area contributed by atoms with Crippen molar-refractivity contribution in [2.24, 2.45) is 0 Å². The molecule has 1 heterocycles. The summed E-state index contributed by atoms with van der Waals surface area (Å²) in [6.07, 6.45) is 0. The Labute approximate surface area is 192 Å². The average Bonchev–Trinajstić information content (AvgIpc) is 2.82. The Kier molecular flexibility index (Phi) is 6.91. The molecule has 32 heavy (non-hydrogen) atoms. The lowest BCUT2D eigenvalue weighted by molar-refractivity contribution is -0.132. The zero-order valence-electron chi connectivity index (χ0n) is 19.4. The number of nitrogens with zero attached hydrogens (tertiary/aromatic N) is 3. The van der Waals surface area contributed by atoms with E-state index in [1.807, 2.05) is 17.0 Å². The number of rotatable bonds is 6. The highest BCUT2D eigenvalue weighted by molar-refractivity contribution is 5.78. The third kappa shape index (κ3) is 4.86. The molecule has 0 saturated carbocycles. The highest BCUT2D eigenvalue weighted by atomic mass is 16.2. The van der Waals surface area contributed by atoms with Crippen LogP contribution in [0.15, 0.2) is 78.9 Å². The van der Waals surface area contributed by atoms with Gasteiger partial charge in [-0.05, 0) is 49.2 Å². The second-order valence-electron chi connectivity index (χ2n) is 8.73. The highest BCUT2D eigenvalue weighted by Crippen LogP contribution is 2.28. The molecule has 0 N–H and O–H groups in total. The number of piperazine rings is 1. The first-order valence-corrected chi connectivity index (χ1v) is 11.4. The minimum absolute atomic E-state index is 0.0533. The van der Waals surface area contributed by atoms with Crippen molar-refractivity contribution in [2.45, 2.75) is 19.9 Å². The second-order valence-corrected chi connectivity index (χ2v) is 8.73. The topological polar surface area (TPSA) is 26.8 Å². The van der Waals surface area contributed by atoms with Crippen LogP contribution in [0.25, 0.3) is 0 Å². The van der Waals surface area contributed by atoms with E-state index in [1.54, 1.807) is 0 Å². The predicted molar refractivity (Wildman–Crippen MR) is 132 cm³/mol. The van der Waals surface area contributed by atoms with E-state index in [1.165, 1.54) is 27.9 Å². The van der Waals surface area contributed by atoms with Gasteiger partial charge >= 0.3 is 0 Å². The standard InChI is InChI=1S/C28H33N3O/c1-22-11-10-16-26(23(22)2)30-17-19-31(20-18-30)27(32)21-29(3)28(24-12-6-4-7-13-24)25-14-8-5-9-15-25/h4-16,28H,17-21H2,1-3H3. The Morgan fingerprint density at radius 2 is 1.38 bits per heavy atom. The lowest BCUT2D eigenvalue weighted by atomic mass is 9.97. The molecule has 0 bridgehead atoms. The fourth-order valence-corrected chi connectivity index (χ4v) is 4.65. The van der Waals surface area contributed by atoms with E-state index in [9.17, 15) is 4.79 Å². The van der Waals surface area contributed by atoms with Crippen molar-refractivity contribution in [3.63, 3.8) is 0 Å². The zero-order chi connectivity index (χ0) is 22.5. The average molecular weight is 428 g/mol. The maximum absolute atomic E-state index is 13.2. The Bertz CT molecular complexity index is 988. The van der Waals surface area contributed by atoms with Gasteiger partial charge in [-0.3, -0.25) is 9.69 Å². The maximum atomic E-state index is 13.2. The van der Waals surface area contributed by atoms with Crippen LogP contribution in [0.3, 0.4) is 0 Å². The zero-order valence-corrected chi connectivity index (χ0v) is 19.4. The van der Waals surface area contributed by atoms with E-state index in [2.05, 4.69) is 97.4 Å². The van der Waals surface area contributed by atoms with Gasteiger partial charge in [-0.2, -0.15) is 0 Å². The van der Waals surface area contributed by atoms with Gasteiger partial charge < -0.3 is 9.80 Å². The van der Waals surface area contributed by atoms with E-state index in [4.69, 9.17) is 0 Å². The van der Waals surface area contributed by atoms with Gasteiger partial charge in [-0.1, -0.05) is 72.8 Å². The number of carbonyl (C=O) groups excluding carboxylic acids is 1. The molecule has 0 unspecified atom stereocenters. The third-order valence-electron chi connectivity index (χ3n) is 6.61. The van der Waals surface area contributed by atoms with Gasteiger partial charge in [0.25, 0.3) is 0 Å². The quantitative estimate of drug-likeness (QED) is 0.572. The van der Waals surface area contributed by atoms with Gasteiger partial charge in [0, 0.05) is 31.9 Å². The highest BCUT2D eigenvalue weighted by Gasteiger charge is 2.26. The summed E-state index contributed by atoms with van der Waals surface area (Å²) < 4.78 is 0. The molecule has 0 aromatic heterocycles. The molecule has 3 aromatic carbocycles. The van der Waals surface area contributed by atoms with Gasteiger partial charge in [0.05, 0.1) is 12.6 Å². The van der Waals surface area contributed by atoms with Crippen LogP contribution in [0.1, 0.15) is 28.3 Å². The van der Waals surface area contributed by atoms with Crippen molar-refractivity contribution in [3.05, 3.63) is 101 Å². The summed E-state index contributed by atoms with van der Waals surface area (Å²) in [5, 5.41) is 0. The molecule has 1 aliphatic heterocycles. The number of hydrogen-bond acceptors (Lipinski definition) is 3. The number of anilines is 1. The van der Waals surface area contributed by atoms with Crippen molar-refractivity contribution in [1.29, 1.82) is 0 Å². The molecule has 166 valence electrons. The number of amides is 1. The number of likely N-dealkylation sites (N-methyl/N-ethyl adjacent to an activating group) is 1. The summed E-state index contributed by atoms with van der Waals surface area (Å²) in [5.41, 5.74) is 6.35. The third-order valence-corrected chi connectivity index (χ3v) is 6.61. The molecular weight excluding hydrogens is 394 g/mol. The van der Waals surface area contributed by atoms with Gasteiger partial charge in [0.2, 0.25) is 5.91 Å². The molecule has 1 fully saturated rings. The SMILES string of the molecule is Cc1cccc(N2CCN(C(=O)CN(C)C(c3ccccc3)c3ccccc3)CC2)c1C. The van der Waals surface area contributed by atoms with E-state index < -0.39 is 0 Å². The predicted octanol–water partition coefficient (Wildman–Crippen LogP) is 4.67. The summed E-state index contributed by atoms with van der Waals surface area (Å²) >= 11 is 0. The summed E-state index contributed by atoms with van der Waals surface area (Å²) in [6, 6.07) is 27.4. The summed E-state index contributed by atoms with van der Waals surface area (Å²) in [4.78, 5) is 19.8. The van der Waals surface area contributed by atoms with Gasteiger partial charge in [0.15, 0.2) is 0 Å². The van der Waals surface area contributed by atoms with Gasteiger partial charge in [-0.25, -0.2) is 0 Å². The van der Waals surface area contributed by atoms with Crippen molar-refractivity contribution in [1.82, 2.24) is 9.80 Å². The molecular formula is C28H33N3O. The second kappa shape index (κ2) is 10.0. The molecule has 3 aromatic rings. The maximum Gasteiger partial charge on any atom is 0.236 e. The van der Waals surface area contributed by atoms with Crippen LogP contribution >= 0.6 is 0 Å². The van der Waals surface area contributed by atoms with Gasteiger partial charge in [0.1, 0.15) is 0 Å². The number of aryl methyl sites for hydroxylation is 1. The Hall–Kier alpha value is -3.11. The van der Waals surface area contributed by atoms with E-state index in [0.717, 1.165) is 26.2 Å². The molecule has 1 saturated heterocycles. The van der Waals surface area contributed by atoms with Gasteiger partial charge in [-0.15, -0.1) is 0 Å². The van der Waals surface area contributed by atoms with Crippen LogP contribution in [0.5, 0.6) is 0 Å². The lowest BCUT2D eigenvalue weighted by Gasteiger charge is -2.38. The molecule has 0 atom stereocenters. The Morgan fingerprint density at radius 3 is 1.94 bits per heavy atom. The molecule has 4 nitrogen and oxygen atoms in total.